The average molecular weight is 201 g/mol. The molecule has 0 aliphatic carbocycles. The quantitative estimate of drug-likeness (QED) is 0.407. The lowest BCUT2D eigenvalue weighted by Gasteiger charge is -2.08. The summed E-state index contributed by atoms with van der Waals surface area (Å²) in [6, 6.07) is 0.0261. The summed E-state index contributed by atoms with van der Waals surface area (Å²) in [7, 11) is 0. The van der Waals surface area contributed by atoms with E-state index in [4.69, 9.17) is 0 Å². The summed E-state index contributed by atoms with van der Waals surface area (Å²) in [5.74, 6) is -0.530. The Morgan fingerprint density at radius 1 is 1.36 bits per heavy atom. The van der Waals surface area contributed by atoms with E-state index < -0.39 is 12.1 Å². The number of carbonyl (C=O) groups excluding carboxylic acids is 2. The fraction of sp³-hybridized carbons (Fsp3) is 0.556. The van der Waals surface area contributed by atoms with Crippen molar-refractivity contribution in [2.24, 2.45) is 0 Å². The SMILES string of the molecule is C=CC(=O)OCCOC(=O)NC(C)C. The molecule has 0 saturated heterocycles. The van der Waals surface area contributed by atoms with Gasteiger partial charge in [0.2, 0.25) is 0 Å². The zero-order chi connectivity index (χ0) is 11.0. The lowest BCUT2D eigenvalue weighted by atomic mass is 10.4. The van der Waals surface area contributed by atoms with Gasteiger partial charge >= 0.3 is 12.1 Å². The summed E-state index contributed by atoms with van der Waals surface area (Å²) in [5.41, 5.74) is 0. The van der Waals surface area contributed by atoms with Gasteiger partial charge in [0.1, 0.15) is 13.2 Å². The molecule has 0 rings (SSSR count). The summed E-state index contributed by atoms with van der Waals surface area (Å²) in [6.07, 6.45) is 0.531. The van der Waals surface area contributed by atoms with E-state index in [1.54, 1.807) is 0 Å². The molecule has 14 heavy (non-hydrogen) atoms. The number of ether oxygens (including phenoxy) is 2. The van der Waals surface area contributed by atoms with Crippen molar-refractivity contribution in [2.45, 2.75) is 19.9 Å². The zero-order valence-electron chi connectivity index (χ0n) is 8.41. The number of alkyl carbamates (subject to hydrolysis) is 1. The first-order valence-corrected chi connectivity index (χ1v) is 4.28. The highest BCUT2D eigenvalue weighted by atomic mass is 16.6. The molecule has 5 nitrogen and oxygen atoms in total. The Labute approximate surface area is 83.1 Å². The second-order valence-corrected chi connectivity index (χ2v) is 2.81. The molecule has 0 fully saturated rings. The van der Waals surface area contributed by atoms with Crippen molar-refractivity contribution in [1.29, 1.82) is 0 Å². The molecule has 0 bridgehead atoms. The Bertz CT molecular complexity index is 213. The van der Waals surface area contributed by atoms with Gasteiger partial charge in [-0.25, -0.2) is 9.59 Å². The number of esters is 1. The molecule has 0 saturated carbocycles. The highest BCUT2D eigenvalue weighted by molar-refractivity contribution is 5.81. The summed E-state index contributed by atoms with van der Waals surface area (Å²) < 4.78 is 9.27. The molecule has 1 N–H and O–H groups in total. The van der Waals surface area contributed by atoms with Crippen LogP contribution in [0.2, 0.25) is 0 Å². The number of amides is 1. The molecule has 0 unspecified atom stereocenters. The van der Waals surface area contributed by atoms with Crippen LogP contribution in [0.5, 0.6) is 0 Å². The lowest BCUT2D eigenvalue weighted by Crippen LogP contribution is -2.31. The molecule has 0 spiro atoms. The molecule has 0 atom stereocenters. The molecule has 0 radical (unpaired) electrons. The monoisotopic (exact) mass is 201 g/mol. The number of carbonyl (C=O) groups is 2. The minimum atomic E-state index is -0.530. The van der Waals surface area contributed by atoms with Gasteiger partial charge < -0.3 is 14.8 Å². The molecule has 0 aliphatic heterocycles. The smallest absolute Gasteiger partial charge is 0.407 e. The van der Waals surface area contributed by atoms with E-state index in [0.717, 1.165) is 6.08 Å². The molecule has 0 heterocycles. The van der Waals surface area contributed by atoms with Crippen molar-refractivity contribution in [3.05, 3.63) is 12.7 Å². The maximum atomic E-state index is 10.9. The third-order valence-corrected chi connectivity index (χ3v) is 1.13. The summed E-state index contributed by atoms with van der Waals surface area (Å²) in [6.45, 7) is 6.93. The van der Waals surface area contributed by atoms with E-state index in [0.29, 0.717) is 0 Å². The van der Waals surface area contributed by atoms with Gasteiger partial charge in [0.05, 0.1) is 0 Å². The zero-order valence-corrected chi connectivity index (χ0v) is 8.41. The normalized spacial score (nSPS) is 9.36. The Morgan fingerprint density at radius 2 is 1.93 bits per heavy atom. The van der Waals surface area contributed by atoms with Gasteiger partial charge in [0.15, 0.2) is 0 Å². The predicted molar refractivity (Wildman–Crippen MR) is 50.8 cm³/mol. The van der Waals surface area contributed by atoms with Crippen molar-refractivity contribution in [2.75, 3.05) is 13.2 Å². The molecule has 1 amide bonds. The molecule has 5 heteroatoms. The van der Waals surface area contributed by atoms with Crippen LogP contribution >= 0.6 is 0 Å². The van der Waals surface area contributed by atoms with Crippen LogP contribution in [0.25, 0.3) is 0 Å². The van der Waals surface area contributed by atoms with E-state index in [1.165, 1.54) is 0 Å². The Hall–Kier alpha value is -1.52. The molecule has 80 valence electrons. The summed E-state index contributed by atoms with van der Waals surface area (Å²) in [4.78, 5) is 21.4. The highest BCUT2D eigenvalue weighted by Gasteiger charge is 2.03. The Kier molecular flexibility index (Phi) is 6.19. The fourth-order valence-corrected chi connectivity index (χ4v) is 0.613. The third kappa shape index (κ3) is 7.15. The fourth-order valence-electron chi connectivity index (χ4n) is 0.613. The van der Waals surface area contributed by atoms with E-state index in [9.17, 15) is 9.59 Å². The van der Waals surface area contributed by atoms with Gasteiger partial charge in [-0.05, 0) is 13.8 Å². The van der Waals surface area contributed by atoms with Gasteiger partial charge in [0.25, 0.3) is 0 Å². The largest absolute Gasteiger partial charge is 0.459 e. The van der Waals surface area contributed by atoms with Crippen LogP contribution < -0.4 is 5.32 Å². The average Bonchev–Trinajstić information content (AvgIpc) is 2.10. The van der Waals surface area contributed by atoms with Crippen LogP contribution in [0.1, 0.15) is 13.8 Å². The maximum absolute atomic E-state index is 10.9. The van der Waals surface area contributed by atoms with Crippen molar-refractivity contribution >= 4 is 12.1 Å². The third-order valence-electron chi connectivity index (χ3n) is 1.13. The Balaban J connectivity index is 3.40. The first-order chi connectivity index (χ1) is 6.56. The predicted octanol–water partition coefficient (Wildman–Crippen LogP) is 0.850. The van der Waals surface area contributed by atoms with Gasteiger partial charge in [-0.15, -0.1) is 0 Å². The molecule has 0 aromatic heterocycles. The minimum absolute atomic E-state index is 0.0261. The molecular formula is C9H15NO4. The van der Waals surface area contributed by atoms with Crippen molar-refractivity contribution < 1.29 is 19.1 Å². The standard InChI is InChI=1S/C9H15NO4/c1-4-8(11)13-5-6-14-9(12)10-7(2)3/h4,7H,1,5-6H2,2-3H3,(H,10,12). The van der Waals surface area contributed by atoms with Crippen molar-refractivity contribution in [1.82, 2.24) is 5.32 Å². The van der Waals surface area contributed by atoms with Crippen LogP contribution in [-0.4, -0.2) is 31.3 Å². The maximum Gasteiger partial charge on any atom is 0.407 e. The summed E-state index contributed by atoms with van der Waals surface area (Å²) >= 11 is 0. The van der Waals surface area contributed by atoms with Crippen LogP contribution in [-0.2, 0) is 14.3 Å². The second kappa shape index (κ2) is 6.94. The van der Waals surface area contributed by atoms with E-state index in [1.807, 2.05) is 13.8 Å². The van der Waals surface area contributed by atoms with E-state index >= 15 is 0 Å². The molecule has 0 aromatic carbocycles. The molecular weight excluding hydrogens is 186 g/mol. The van der Waals surface area contributed by atoms with E-state index in [2.05, 4.69) is 21.4 Å². The lowest BCUT2D eigenvalue weighted by molar-refractivity contribution is -0.138. The first kappa shape index (κ1) is 12.5. The van der Waals surface area contributed by atoms with Gasteiger partial charge in [-0.1, -0.05) is 6.58 Å². The van der Waals surface area contributed by atoms with Gasteiger partial charge in [-0.3, -0.25) is 0 Å². The van der Waals surface area contributed by atoms with Crippen LogP contribution in [0, 0.1) is 0 Å². The second-order valence-electron chi connectivity index (χ2n) is 2.81. The Morgan fingerprint density at radius 3 is 2.43 bits per heavy atom. The number of hydrogen-bond acceptors (Lipinski definition) is 4. The molecule has 0 aromatic rings. The molecule has 0 aliphatic rings. The van der Waals surface area contributed by atoms with Gasteiger partial charge in [0, 0.05) is 12.1 Å². The highest BCUT2D eigenvalue weighted by Crippen LogP contribution is 1.84. The number of hydrogen-bond donors (Lipinski definition) is 1. The van der Waals surface area contributed by atoms with Crippen LogP contribution in [0.15, 0.2) is 12.7 Å². The summed E-state index contributed by atoms with van der Waals surface area (Å²) in [5, 5.41) is 2.52. The first-order valence-electron chi connectivity index (χ1n) is 4.28. The minimum Gasteiger partial charge on any atom is -0.459 e. The van der Waals surface area contributed by atoms with Crippen LogP contribution in [0.4, 0.5) is 4.79 Å². The van der Waals surface area contributed by atoms with Gasteiger partial charge in [-0.2, -0.15) is 0 Å². The van der Waals surface area contributed by atoms with Crippen LogP contribution in [0.3, 0.4) is 0 Å². The van der Waals surface area contributed by atoms with Crippen molar-refractivity contribution in [3.8, 4) is 0 Å². The van der Waals surface area contributed by atoms with Crippen molar-refractivity contribution in [3.63, 3.8) is 0 Å². The number of rotatable bonds is 5. The number of nitrogens with one attached hydrogen (secondary N) is 1. The topological polar surface area (TPSA) is 64.6 Å². The van der Waals surface area contributed by atoms with E-state index in [-0.39, 0.29) is 19.3 Å².